The van der Waals surface area contributed by atoms with Gasteiger partial charge in [-0.25, -0.2) is 0 Å². The van der Waals surface area contributed by atoms with E-state index in [0.29, 0.717) is 0 Å². The van der Waals surface area contributed by atoms with Crippen LogP contribution in [0.4, 0.5) is 0 Å². The Morgan fingerprint density at radius 3 is 2.25 bits per heavy atom. The molecule has 0 bridgehead atoms. The van der Waals surface area contributed by atoms with Crippen molar-refractivity contribution >= 4 is 12.1 Å². The summed E-state index contributed by atoms with van der Waals surface area (Å²) in [6, 6.07) is 0. The van der Waals surface area contributed by atoms with Crippen molar-refractivity contribution in [2.75, 3.05) is 0 Å². The second-order valence-corrected chi connectivity index (χ2v) is 1.11. The molecule has 0 N–H and O–H groups in total. The normalized spacial score (nSPS) is 7.12. The third-order valence-corrected chi connectivity index (χ3v) is 0.548. The van der Waals surface area contributed by atoms with Crippen molar-refractivity contribution in [3.8, 4) is 0 Å². The Kier molecular flexibility index (Phi) is 9.37. The van der Waals surface area contributed by atoms with E-state index in [1.807, 2.05) is 0 Å². The van der Waals surface area contributed by atoms with Crippen LogP contribution >= 0.6 is 0 Å². The Balaban J connectivity index is 0. The standard InChI is InChI=1S/C5H6O2.V/c1-2-5(7)3-4-6;/h1-3H2;/q-2;+2. The summed E-state index contributed by atoms with van der Waals surface area (Å²) in [4.78, 5) is 19.5. The first-order chi connectivity index (χ1) is 3.31. The van der Waals surface area contributed by atoms with Gasteiger partial charge in [0.05, 0.1) is 5.78 Å². The van der Waals surface area contributed by atoms with Crippen molar-refractivity contribution in [2.45, 2.75) is 12.8 Å². The van der Waals surface area contributed by atoms with Crippen LogP contribution in [0.5, 0.6) is 0 Å². The van der Waals surface area contributed by atoms with E-state index in [-0.39, 0.29) is 37.2 Å². The number of ketones is 1. The minimum absolute atomic E-state index is 0. The third-order valence-electron chi connectivity index (χ3n) is 0.548. The molecule has 0 spiro atoms. The summed E-state index contributed by atoms with van der Waals surface area (Å²) >= 11 is 0. The van der Waals surface area contributed by atoms with Crippen molar-refractivity contribution < 1.29 is 28.1 Å². The fraction of sp³-hybridized carbons (Fsp3) is 0.400. The van der Waals surface area contributed by atoms with E-state index in [0.717, 1.165) is 0 Å². The molecule has 43 valence electrons. The molecule has 2 nitrogen and oxygen atoms in total. The number of rotatable bonds is 3. The Labute approximate surface area is 60.5 Å². The first-order valence-corrected chi connectivity index (χ1v) is 1.97. The average molecular weight is 149 g/mol. The molecule has 0 atom stereocenters. The van der Waals surface area contributed by atoms with Crippen LogP contribution in [0.1, 0.15) is 12.8 Å². The van der Waals surface area contributed by atoms with Crippen LogP contribution in [-0.2, 0) is 28.1 Å². The van der Waals surface area contributed by atoms with Gasteiger partial charge in [0.25, 0.3) is 0 Å². The zero-order chi connectivity index (χ0) is 5.70. The molecule has 0 heterocycles. The third kappa shape index (κ3) is 5.92. The molecule has 0 aromatic heterocycles. The fourth-order valence-corrected chi connectivity index (χ4v) is 0.169. The molecule has 0 aromatic carbocycles. The van der Waals surface area contributed by atoms with Gasteiger partial charge in [-0.1, -0.05) is 6.42 Å². The molecule has 0 aliphatic carbocycles. The van der Waals surface area contributed by atoms with Crippen molar-refractivity contribution in [1.82, 2.24) is 0 Å². The van der Waals surface area contributed by atoms with E-state index < -0.39 is 0 Å². The van der Waals surface area contributed by atoms with Crippen LogP contribution in [0.3, 0.4) is 0 Å². The molecule has 8 heavy (non-hydrogen) atoms. The Bertz CT molecular complexity index is 80.5. The molecular formula is C5H6O2V. The van der Waals surface area contributed by atoms with Crippen LogP contribution in [-0.4, -0.2) is 12.1 Å². The number of Topliss-reactive ketones (excluding diaryl/α,β-unsaturated/α-hetero) is 1. The molecule has 0 aliphatic heterocycles. The van der Waals surface area contributed by atoms with E-state index in [1.165, 1.54) is 6.29 Å². The van der Waals surface area contributed by atoms with Crippen molar-refractivity contribution in [1.29, 1.82) is 0 Å². The number of carbonyl (C=O) groups excluding carboxylic acids is 2. The van der Waals surface area contributed by atoms with Crippen molar-refractivity contribution in [3.05, 3.63) is 6.92 Å². The molecule has 0 saturated carbocycles. The summed E-state index contributed by atoms with van der Waals surface area (Å²) < 4.78 is 0. The van der Waals surface area contributed by atoms with Gasteiger partial charge in [0.2, 0.25) is 0 Å². The van der Waals surface area contributed by atoms with E-state index in [4.69, 9.17) is 0 Å². The fourth-order valence-electron chi connectivity index (χ4n) is 0.169. The van der Waals surface area contributed by atoms with Crippen LogP contribution < -0.4 is 0 Å². The van der Waals surface area contributed by atoms with Crippen LogP contribution in [0.15, 0.2) is 0 Å². The molecule has 0 fully saturated rings. The minimum Gasteiger partial charge on any atom is -0.541 e. The Hall–Kier alpha value is -0.0756. The second-order valence-electron chi connectivity index (χ2n) is 1.11. The molecule has 0 saturated heterocycles. The predicted octanol–water partition coefficient (Wildman–Crippen LogP) is 0.277. The summed E-state index contributed by atoms with van der Waals surface area (Å²) in [5, 5.41) is 0. The molecule has 3 heteroatoms. The monoisotopic (exact) mass is 149 g/mol. The molecule has 0 unspecified atom stereocenters. The average Bonchev–Trinajstić information content (AvgIpc) is 1.68. The van der Waals surface area contributed by atoms with Gasteiger partial charge in [-0.2, -0.15) is 0 Å². The summed E-state index contributed by atoms with van der Waals surface area (Å²) in [5.41, 5.74) is 0. The van der Waals surface area contributed by atoms with Crippen LogP contribution in [0, 0.1) is 6.92 Å². The van der Waals surface area contributed by atoms with E-state index in [1.54, 1.807) is 0 Å². The predicted molar refractivity (Wildman–Crippen MR) is 25.3 cm³/mol. The zero-order valence-electron chi connectivity index (χ0n) is 4.39. The Morgan fingerprint density at radius 1 is 1.62 bits per heavy atom. The maximum atomic E-state index is 10.1. The molecule has 0 aliphatic rings. The summed E-state index contributed by atoms with van der Waals surface area (Å²) in [6.07, 6.45) is 1.56. The zero-order valence-corrected chi connectivity index (χ0v) is 5.78. The molecular weight excluding hydrogens is 143 g/mol. The van der Waals surface area contributed by atoms with E-state index >= 15 is 0 Å². The van der Waals surface area contributed by atoms with Gasteiger partial charge in [-0.05, 0) is 0 Å². The maximum absolute atomic E-state index is 10.1. The van der Waals surface area contributed by atoms with Gasteiger partial charge in [0, 0.05) is 0 Å². The summed E-state index contributed by atoms with van der Waals surface area (Å²) in [7, 11) is 0. The molecule has 0 rings (SSSR count). The quantitative estimate of drug-likeness (QED) is 0.426. The second kappa shape index (κ2) is 6.92. The first-order valence-electron chi connectivity index (χ1n) is 1.97. The van der Waals surface area contributed by atoms with Crippen LogP contribution in [0.25, 0.3) is 0 Å². The van der Waals surface area contributed by atoms with Gasteiger partial charge < -0.3 is 16.5 Å². The number of hydrogen-bond acceptors (Lipinski definition) is 2. The minimum atomic E-state index is -0.157. The largest absolute Gasteiger partial charge is 2.00 e. The van der Waals surface area contributed by atoms with Crippen LogP contribution in [0.2, 0.25) is 0 Å². The summed E-state index contributed by atoms with van der Waals surface area (Å²) in [6.45, 7) is 3.28. The van der Waals surface area contributed by atoms with Crippen molar-refractivity contribution in [2.24, 2.45) is 0 Å². The van der Waals surface area contributed by atoms with E-state index in [9.17, 15) is 9.59 Å². The van der Waals surface area contributed by atoms with Crippen molar-refractivity contribution in [3.63, 3.8) is 0 Å². The van der Waals surface area contributed by atoms with Gasteiger partial charge in [-0.3, -0.25) is 6.29 Å². The topological polar surface area (TPSA) is 34.1 Å². The Morgan fingerprint density at radius 2 is 2.12 bits per heavy atom. The maximum Gasteiger partial charge on any atom is 2.00 e. The van der Waals surface area contributed by atoms with Gasteiger partial charge >= 0.3 is 18.6 Å². The smallest absolute Gasteiger partial charge is 0.541 e. The van der Waals surface area contributed by atoms with E-state index in [2.05, 4.69) is 6.92 Å². The van der Waals surface area contributed by atoms with Gasteiger partial charge in [0.1, 0.15) is 0 Å². The molecule has 0 aromatic rings. The van der Waals surface area contributed by atoms with Gasteiger partial charge in [-0.15, -0.1) is 6.42 Å². The molecule has 0 amide bonds. The van der Waals surface area contributed by atoms with Gasteiger partial charge in [0.15, 0.2) is 0 Å². The number of carbonyl (C=O) groups is 1. The summed E-state index contributed by atoms with van der Waals surface area (Å²) in [5.74, 6) is -0.157. The SMILES string of the molecule is [CH2-]CC(=O)C[C-]=O.[V+2]. The first kappa shape index (κ1) is 10.8. The number of hydrogen-bond donors (Lipinski definition) is 0. The molecule has 1 radical (unpaired) electrons.